The highest BCUT2D eigenvalue weighted by Crippen LogP contribution is 2.32. The van der Waals surface area contributed by atoms with E-state index < -0.39 is 0 Å². The Kier molecular flexibility index (Phi) is 6.17. The molecule has 1 aromatic heterocycles. The van der Waals surface area contributed by atoms with Gasteiger partial charge in [0.25, 0.3) is 5.91 Å². The molecule has 0 atom stereocenters. The Bertz CT molecular complexity index is 1050. The lowest BCUT2D eigenvalue weighted by Crippen LogP contribution is -2.23. The van der Waals surface area contributed by atoms with E-state index in [1.165, 1.54) is 19.3 Å². The molecule has 0 aliphatic heterocycles. The van der Waals surface area contributed by atoms with Gasteiger partial charge in [0.2, 0.25) is 0 Å². The number of fused-ring (bicyclic) bond motifs is 1. The maximum Gasteiger partial charge on any atom is 0.251 e. The molecule has 1 fully saturated rings. The van der Waals surface area contributed by atoms with Gasteiger partial charge >= 0.3 is 0 Å². The van der Waals surface area contributed by atoms with E-state index in [9.17, 15) is 9.90 Å². The molecule has 2 aromatic carbocycles. The van der Waals surface area contributed by atoms with Gasteiger partial charge in [-0.15, -0.1) is 0 Å². The van der Waals surface area contributed by atoms with Gasteiger partial charge in [0.15, 0.2) is 5.88 Å². The van der Waals surface area contributed by atoms with Gasteiger partial charge in [-0.25, -0.2) is 0 Å². The minimum atomic E-state index is -0.103. The van der Waals surface area contributed by atoms with Crippen molar-refractivity contribution in [2.75, 3.05) is 6.54 Å². The number of nitrogens with zero attached hydrogens (tertiary/aromatic N) is 1. The van der Waals surface area contributed by atoms with Crippen molar-refractivity contribution in [2.45, 2.75) is 51.5 Å². The van der Waals surface area contributed by atoms with Crippen LogP contribution in [0, 0.1) is 0 Å². The Balaban J connectivity index is 1.78. The topological polar surface area (TPSA) is 77.5 Å². The monoisotopic (exact) mass is 403 g/mol. The van der Waals surface area contributed by atoms with Crippen molar-refractivity contribution in [2.24, 2.45) is 4.99 Å². The number of aliphatic imine (C=N–C) groups is 1. The zero-order valence-corrected chi connectivity index (χ0v) is 17.4. The lowest BCUT2D eigenvalue weighted by molar-refractivity contribution is 0.0953. The van der Waals surface area contributed by atoms with Crippen LogP contribution in [0.5, 0.6) is 5.88 Å². The van der Waals surface area contributed by atoms with Crippen LogP contribution in [0.3, 0.4) is 0 Å². The van der Waals surface area contributed by atoms with Crippen molar-refractivity contribution in [3.8, 4) is 5.88 Å². The Hall–Kier alpha value is -3.08. The summed E-state index contributed by atoms with van der Waals surface area (Å²) >= 11 is 0. The van der Waals surface area contributed by atoms with Crippen molar-refractivity contribution < 1.29 is 9.90 Å². The molecule has 156 valence electrons. The number of hydrogen-bond acceptors (Lipinski definition) is 3. The summed E-state index contributed by atoms with van der Waals surface area (Å²) in [5.41, 5.74) is 3.83. The number of rotatable bonds is 6. The Morgan fingerprint density at radius 2 is 1.87 bits per heavy atom. The molecule has 1 aliphatic carbocycles. The molecule has 1 amide bonds. The zero-order valence-electron chi connectivity index (χ0n) is 17.4. The SMILES string of the molecule is CCCNC(=O)c1ccc2c(C(=NC3CCCCC3)c3ccccc3)c(O)[nH]c2c1. The summed E-state index contributed by atoms with van der Waals surface area (Å²) in [4.78, 5) is 20.5. The van der Waals surface area contributed by atoms with E-state index in [2.05, 4.69) is 10.3 Å². The molecule has 1 saturated carbocycles. The van der Waals surface area contributed by atoms with E-state index in [0.717, 1.165) is 41.4 Å². The summed E-state index contributed by atoms with van der Waals surface area (Å²) in [6, 6.07) is 15.8. The number of aromatic hydroxyl groups is 1. The highest BCUT2D eigenvalue weighted by Gasteiger charge is 2.21. The molecule has 0 saturated heterocycles. The smallest absolute Gasteiger partial charge is 0.251 e. The average Bonchev–Trinajstić information content (AvgIpc) is 3.11. The van der Waals surface area contributed by atoms with Crippen molar-refractivity contribution >= 4 is 22.5 Å². The highest BCUT2D eigenvalue weighted by atomic mass is 16.3. The van der Waals surface area contributed by atoms with Crippen LogP contribution in [0.1, 0.15) is 66.9 Å². The van der Waals surface area contributed by atoms with Gasteiger partial charge in [0.05, 0.1) is 17.3 Å². The molecule has 3 aromatic rings. The third-order valence-electron chi connectivity index (χ3n) is 5.75. The van der Waals surface area contributed by atoms with Crippen LogP contribution in [0.4, 0.5) is 0 Å². The van der Waals surface area contributed by atoms with E-state index in [-0.39, 0.29) is 17.8 Å². The van der Waals surface area contributed by atoms with Crippen LogP contribution in [0.2, 0.25) is 0 Å². The van der Waals surface area contributed by atoms with Gasteiger partial charge in [-0.3, -0.25) is 9.79 Å². The second kappa shape index (κ2) is 9.16. The Labute approximate surface area is 177 Å². The molecule has 0 spiro atoms. The number of amides is 1. The van der Waals surface area contributed by atoms with Crippen LogP contribution in [-0.4, -0.2) is 34.3 Å². The van der Waals surface area contributed by atoms with E-state index in [1.54, 1.807) is 6.07 Å². The predicted octanol–water partition coefficient (Wildman–Crippen LogP) is 5.18. The first-order valence-electron chi connectivity index (χ1n) is 10.9. The van der Waals surface area contributed by atoms with Gasteiger partial charge in [-0.1, -0.05) is 62.6 Å². The van der Waals surface area contributed by atoms with Gasteiger partial charge in [-0.2, -0.15) is 0 Å². The number of aromatic nitrogens is 1. The first-order valence-corrected chi connectivity index (χ1v) is 10.9. The Morgan fingerprint density at radius 3 is 2.60 bits per heavy atom. The fourth-order valence-electron chi connectivity index (χ4n) is 4.18. The third kappa shape index (κ3) is 4.25. The second-order valence-electron chi connectivity index (χ2n) is 8.00. The molecule has 5 heteroatoms. The lowest BCUT2D eigenvalue weighted by Gasteiger charge is -2.19. The van der Waals surface area contributed by atoms with Gasteiger partial charge in [0.1, 0.15) is 0 Å². The second-order valence-corrected chi connectivity index (χ2v) is 8.00. The third-order valence-corrected chi connectivity index (χ3v) is 5.75. The standard InChI is InChI=1S/C25H29N3O2/c1-2-15-26-24(29)18-13-14-20-21(16-18)28-25(30)22(20)23(17-9-5-3-6-10-17)27-19-11-7-4-8-12-19/h3,5-6,9-10,13-14,16,19,28,30H,2,4,7-8,11-12,15H2,1H3,(H,26,29). The van der Waals surface area contributed by atoms with E-state index in [4.69, 9.17) is 4.99 Å². The quantitative estimate of drug-likeness (QED) is 0.496. The molecule has 0 unspecified atom stereocenters. The van der Waals surface area contributed by atoms with Crippen LogP contribution in [0.15, 0.2) is 53.5 Å². The molecule has 0 radical (unpaired) electrons. The van der Waals surface area contributed by atoms with Gasteiger partial charge in [0, 0.05) is 28.6 Å². The van der Waals surface area contributed by atoms with Gasteiger partial charge < -0.3 is 15.4 Å². The van der Waals surface area contributed by atoms with Crippen LogP contribution in [-0.2, 0) is 0 Å². The molecule has 3 N–H and O–H groups in total. The summed E-state index contributed by atoms with van der Waals surface area (Å²) in [6.45, 7) is 2.67. The molecule has 30 heavy (non-hydrogen) atoms. The van der Waals surface area contributed by atoms with Crippen LogP contribution >= 0.6 is 0 Å². The largest absolute Gasteiger partial charge is 0.494 e. The average molecular weight is 404 g/mol. The summed E-state index contributed by atoms with van der Waals surface area (Å²) in [7, 11) is 0. The maximum atomic E-state index is 12.3. The molecule has 1 aliphatic rings. The number of carbonyl (C=O) groups is 1. The number of benzene rings is 2. The first kappa shape index (κ1) is 20.2. The molecule has 4 rings (SSSR count). The number of carbonyl (C=O) groups excluding carboxylic acids is 1. The van der Waals surface area contributed by atoms with E-state index >= 15 is 0 Å². The molecule has 1 heterocycles. The summed E-state index contributed by atoms with van der Waals surface area (Å²) in [5.74, 6) is -0.0110. The van der Waals surface area contributed by atoms with Gasteiger partial charge in [-0.05, 0) is 31.4 Å². The summed E-state index contributed by atoms with van der Waals surface area (Å²) in [6.07, 6.45) is 6.73. The fraction of sp³-hybridized carbons (Fsp3) is 0.360. The molecular weight excluding hydrogens is 374 g/mol. The van der Waals surface area contributed by atoms with E-state index in [1.807, 2.05) is 49.4 Å². The fourth-order valence-corrected chi connectivity index (χ4v) is 4.18. The van der Waals surface area contributed by atoms with Crippen LogP contribution in [0.25, 0.3) is 10.9 Å². The molecular formula is C25H29N3O2. The van der Waals surface area contributed by atoms with Crippen molar-refractivity contribution in [1.82, 2.24) is 10.3 Å². The summed E-state index contributed by atoms with van der Waals surface area (Å²) in [5, 5.41) is 14.6. The van der Waals surface area contributed by atoms with E-state index in [0.29, 0.717) is 17.7 Å². The maximum absolute atomic E-state index is 12.3. The lowest BCUT2D eigenvalue weighted by atomic mass is 9.94. The highest BCUT2D eigenvalue weighted by molar-refractivity contribution is 6.21. The zero-order chi connectivity index (χ0) is 20.9. The van der Waals surface area contributed by atoms with Crippen molar-refractivity contribution in [3.63, 3.8) is 0 Å². The number of nitrogens with one attached hydrogen (secondary N) is 2. The van der Waals surface area contributed by atoms with Crippen molar-refractivity contribution in [1.29, 1.82) is 0 Å². The minimum absolute atomic E-state index is 0.0922. The normalized spacial score (nSPS) is 15.4. The Morgan fingerprint density at radius 1 is 1.10 bits per heavy atom. The first-order chi connectivity index (χ1) is 14.7. The minimum Gasteiger partial charge on any atom is -0.494 e. The number of H-pyrrole nitrogens is 1. The van der Waals surface area contributed by atoms with Crippen LogP contribution < -0.4 is 5.32 Å². The summed E-state index contributed by atoms with van der Waals surface area (Å²) < 4.78 is 0. The molecule has 5 nitrogen and oxygen atoms in total. The van der Waals surface area contributed by atoms with Crippen molar-refractivity contribution in [3.05, 3.63) is 65.2 Å². The number of hydrogen-bond donors (Lipinski definition) is 3. The molecule has 0 bridgehead atoms. The predicted molar refractivity (Wildman–Crippen MR) is 122 cm³/mol. The number of aromatic amines is 1.